The number of fused-ring (bicyclic) bond motifs is 1. The van der Waals surface area contributed by atoms with Crippen molar-refractivity contribution in [3.05, 3.63) is 23.8 Å². The maximum Gasteiger partial charge on any atom is 0.309 e. The summed E-state index contributed by atoms with van der Waals surface area (Å²) >= 11 is 0. The second-order valence-electron chi connectivity index (χ2n) is 7.61. The summed E-state index contributed by atoms with van der Waals surface area (Å²) in [5, 5.41) is 5.54. The molecule has 0 bridgehead atoms. The second kappa shape index (κ2) is 11.1. The number of benzene rings is 1. The van der Waals surface area contributed by atoms with Crippen molar-refractivity contribution in [2.75, 3.05) is 65.8 Å². The van der Waals surface area contributed by atoms with Crippen LogP contribution in [0.2, 0.25) is 0 Å². The molecule has 30 heavy (non-hydrogen) atoms. The Morgan fingerprint density at radius 3 is 2.50 bits per heavy atom. The molecule has 1 aromatic rings. The van der Waals surface area contributed by atoms with E-state index < -0.39 is 11.8 Å². The van der Waals surface area contributed by atoms with Gasteiger partial charge in [-0.15, -0.1) is 0 Å². The third kappa shape index (κ3) is 5.84. The molecule has 0 unspecified atom stereocenters. The second-order valence-corrected chi connectivity index (χ2v) is 7.61. The number of amides is 2. The molecule has 0 saturated carbocycles. The van der Waals surface area contributed by atoms with Crippen LogP contribution in [0.1, 0.15) is 25.5 Å². The monoisotopic (exact) mass is 422 g/mol. The van der Waals surface area contributed by atoms with Crippen LogP contribution < -0.4 is 29.9 Å². The van der Waals surface area contributed by atoms with E-state index in [4.69, 9.17) is 14.2 Å². The van der Waals surface area contributed by atoms with E-state index in [-0.39, 0.29) is 12.8 Å². The predicted molar refractivity (Wildman–Crippen MR) is 110 cm³/mol. The van der Waals surface area contributed by atoms with Crippen LogP contribution in [0.15, 0.2) is 18.2 Å². The summed E-state index contributed by atoms with van der Waals surface area (Å²) in [6.07, 6.45) is 0. The zero-order valence-corrected chi connectivity index (χ0v) is 17.9. The highest BCUT2D eigenvalue weighted by Crippen LogP contribution is 2.33. The minimum Gasteiger partial charge on any atom is -0.454 e. The molecule has 0 aliphatic carbocycles. The third-order valence-corrected chi connectivity index (χ3v) is 5.86. The molecule has 1 saturated heterocycles. The first kappa shape index (κ1) is 22.3. The van der Waals surface area contributed by atoms with Gasteiger partial charge in [0.05, 0.1) is 45.9 Å². The summed E-state index contributed by atoms with van der Waals surface area (Å²) in [5.41, 5.74) is 1.04. The van der Waals surface area contributed by atoms with Crippen LogP contribution in [0.5, 0.6) is 11.5 Å². The van der Waals surface area contributed by atoms with E-state index in [1.54, 1.807) is 0 Å². The molecule has 3 rings (SSSR count). The molecule has 1 fully saturated rings. The first-order chi connectivity index (χ1) is 14.6. The molecule has 2 heterocycles. The van der Waals surface area contributed by atoms with E-state index in [2.05, 4.69) is 24.5 Å². The first-order valence-electron chi connectivity index (χ1n) is 10.8. The predicted octanol–water partition coefficient (Wildman–Crippen LogP) is -2.47. The zero-order chi connectivity index (χ0) is 21.3. The van der Waals surface area contributed by atoms with E-state index in [0.29, 0.717) is 32.1 Å². The van der Waals surface area contributed by atoms with Gasteiger partial charge in [0.15, 0.2) is 11.5 Å². The first-order valence-corrected chi connectivity index (χ1v) is 10.8. The number of morpholine rings is 1. The summed E-state index contributed by atoms with van der Waals surface area (Å²) in [4.78, 5) is 27.2. The molecule has 0 spiro atoms. The topological polar surface area (TPSA) is 94.8 Å². The van der Waals surface area contributed by atoms with Crippen LogP contribution in [0.25, 0.3) is 0 Å². The molecular formula is C21H34N4O5+2. The minimum atomic E-state index is -0.594. The molecule has 0 aromatic heterocycles. The van der Waals surface area contributed by atoms with Gasteiger partial charge in [-0.25, -0.2) is 0 Å². The Kier molecular flexibility index (Phi) is 8.30. The average Bonchev–Trinajstić information content (AvgIpc) is 3.25. The molecule has 1 atom stereocenters. The Morgan fingerprint density at radius 1 is 1.07 bits per heavy atom. The van der Waals surface area contributed by atoms with Gasteiger partial charge in [0, 0.05) is 5.56 Å². The molecule has 2 aliphatic heterocycles. The van der Waals surface area contributed by atoms with Crippen LogP contribution >= 0.6 is 0 Å². The number of ether oxygens (including phenoxy) is 3. The fourth-order valence-electron chi connectivity index (χ4n) is 3.92. The average molecular weight is 423 g/mol. The zero-order valence-electron chi connectivity index (χ0n) is 17.9. The smallest absolute Gasteiger partial charge is 0.309 e. The van der Waals surface area contributed by atoms with Crippen molar-refractivity contribution in [2.45, 2.75) is 19.9 Å². The molecule has 2 amide bonds. The highest BCUT2D eigenvalue weighted by Gasteiger charge is 2.29. The molecule has 4 N–H and O–H groups in total. The summed E-state index contributed by atoms with van der Waals surface area (Å²) < 4.78 is 16.4. The van der Waals surface area contributed by atoms with Crippen molar-refractivity contribution < 1.29 is 33.6 Å². The van der Waals surface area contributed by atoms with E-state index in [9.17, 15) is 9.59 Å². The Morgan fingerprint density at radius 2 is 1.77 bits per heavy atom. The van der Waals surface area contributed by atoms with E-state index in [0.717, 1.165) is 44.0 Å². The lowest BCUT2D eigenvalue weighted by atomic mass is 10.0. The van der Waals surface area contributed by atoms with E-state index >= 15 is 0 Å². The molecule has 9 nitrogen and oxygen atoms in total. The van der Waals surface area contributed by atoms with Gasteiger partial charge in [-0.2, -0.15) is 0 Å². The molecular weight excluding hydrogens is 388 g/mol. The van der Waals surface area contributed by atoms with Crippen LogP contribution in [-0.4, -0.2) is 77.6 Å². The number of nitrogens with one attached hydrogen (secondary N) is 4. The Hall–Kier alpha value is -2.36. The lowest BCUT2D eigenvalue weighted by molar-refractivity contribution is -0.937. The number of rotatable bonds is 9. The number of likely N-dealkylation sites (N-methyl/N-ethyl adjacent to an activating group) is 1. The lowest BCUT2D eigenvalue weighted by Crippen LogP contribution is -3.15. The van der Waals surface area contributed by atoms with Gasteiger partial charge in [-0.1, -0.05) is 0 Å². The van der Waals surface area contributed by atoms with Gasteiger partial charge in [0.1, 0.15) is 19.1 Å². The van der Waals surface area contributed by atoms with Gasteiger partial charge in [-0.05, 0) is 32.0 Å². The molecule has 2 aliphatic rings. The van der Waals surface area contributed by atoms with Crippen molar-refractivity contribution in [1.82, 2.24) is 10.6 Å². The SMILES string of the molecule is CC[NH+](CC)CCNC(=O)C(=O)NC[C@H](c1ccc2c(c1)OCO2)[NH+]1CCOCC1. The van der Waals surface area contributed by atoms with Crippen LogP contribution in [0, 0.1) is 0 Å². The van der Waals surface area contributed by atoms with Gasteiger partial charge in [0.2, 0.25) is 6.79 Å². The molecule has 9 heteroatoms. The van der Waals surface area contributed by atoms with Gasteiger partial charge < -0.3 is 34.6 Å². The fourth-order valence-corrected chi connectivity index (χ4v) is 3.92. The van der Waals surface area contributed by atoms with Crippen molar-refractivity contribution in [1.29, 1.82) is 0 Å². The summed E-state index contributed by atoms with van der Waals surface area (Å²) in [5.74, 6) is 0.271. The molecule has 0 radical (unpaired) electrons. The van der Waals surface area contributed by atoms with Gasteiger partial charge in [0.25, 0.3) is 0 Å². The standard InChI is InChI=1S/C21H32N4O5/c1-3-24(4-2)8-7-22-20(26)21(27)23-14-17(25-9-11-28-12-10-25)16-5-6-18-19(13-16)30-15-29-18/h5-6,13,17H,3-4,7-12,14-15H2,1-2H3,(H,22,26)(H,23,27)/p+2/t17-/m1/s1. The van der Waals surface area contributed by atoms with Gasteiger partial charge >= 0.3 is 11.8 Å². The van der Waals surface area contributed by atoms with Crippen LogP contribution in [0.4, 0.5) is 0 Å². The number of hydrogen-bond donors (Lipinski definition) is 4. The maximum absolute atomic E-state index is 12.4. The Labute approximate surface area is 177 Å². The van der Waals surface area contributed by atoms with Crippen LogP contribution in [0.3, 0.4) is 0 Å². The summed E-state index contributed by atoms with van der Waals surface area (Å²) in [6, 6.07) is 5.86. The number of carbonyl (C=O) groups excluding carboxylic acids is 2. The summed E-state index contributed by atoms with van der Waals surface area (Å²) in [6.45, 7) is 11.1. The van der Waals surface area contributed by atoms with Crippen LogP contribution in [-0.2, 0) is 14.3 Å². The summed E-state index contributed by atoms with van der Waals surface area (Å²) in [7, 11) is 0. The minimum absolute atomic E-state index is 0.000249. The highest BCUT2D eigenvalue weighted by atomic mass is 16.7. The largest absolute Gasteiger partial charge is 0.454 e. The van der Waals surface area contributed by atoms with Gasteiger partial charge in [-0.3, -0.25) is 9.59 Å². The molecule has 1 aromatic carbocycles. The quantitative estimate of drug-likeness (QED) is 0.331. The normalized spacial score (nSPS) is 17.0. The fraction of sp³-hybridized carbons (Fsp3) is 0.619. The number of quaternary nitrogens is 2. The number of hydrogen-bond acceptors (Lipinski definition) is 5. The molecule has 166 valence electrons. The van der Waals surface area contributed by atoms with Crippen molar-refractivity contribution >= 4 is 11.8 Å². The van der Waals surface area contributed by atoms with E-state index in [1.807, 2.05) is 18.2 Å². The van der Waals surface area contributed by atoms with Crippen molar-refractivity contribution in [2.24, 2.45) is 0 Å². The van der Waals surface area contributed by atoms with Crippen molar-refractivity contribution in [3.63, 3.8) is 0 Å². The Balaban J connectivity index is 1.58. The maximum atomic E-state index is 12.4. The Bertz CT molecular complexity index is 719. The number of carbonyl (C=O) groups is 2. The lowest BCUT2D eigenvalue weighted by Gasteiger charge is -2.32. The van der Waals surface area contributed by atoms with Crippen molar-refractivity contribution in [3.8, 4) is 11.5 Å². The third-order valence-electron chi connectivity index (χ3n) is 5.86. The van der Waals surface area contributed by atoms with E-state index in [1.165, 1.54) is 9.80 Å². The highest BCUT2D eigenvalue weighted by molar-refractivity contribution is 6.35.